The van der Waals surface area contributed by atoms with E-state index in [4.69, 9.17) is 14.2 Å². The molecule has 0 saturated carbocycles. The van der Waals surface area contributed by atoms with E-state index in [1.165, 1.54) is 5.56 Å². The van der Waals surface area contributed by atoms with Gasteiger partial charge in [-0.15, -0.1) is 5.10 Å². The fraction of sp³-hybridized carbons (Fsp3) is 0.296. The van der Waals surface area contributed by atoms with E-state index in [0.717, 1.165) is 41.2 Å². The molecule has 3 aromatic carbocycles. The molecular weight excluding hydrogens is 442 g/mol. The number of tetrazole rings is 1. The molecule has 0 fully saturated rings. The molecule has 35 heavy (non-hydrogen) atoms. The van der Waals surface area contributed by atoms with E-state index in [1.54, 1.807) is 7.11 Å². The predicted molar refractivity (Wildman–Crippen MR) is 130 cm³/mol. The van der Waals surface area contributed by atoms with Crippen LogP contribution in [0.4, 0.5) is 0 Å². The van der Waals surface area contributed by atoms with E-state index < -0.39 is 0 Å². The van der Waals surface area contributed by atoms with Crippen LogP contribution in [0.15, 0.2) is 66.7 Å². The molecule has 178 valence electrons. The summed E-state index contributed by atoms with van der Waals surface area (Å²) in [5.74, 6) is 2.87. The zero-order valence-corrected chi connectivity index (χ0v) is 20.1. The fourth-order valence-electron chi connectivity index (χ4n) is 5.43. The number of quaternary nitrogens is 1. The average molecular weight is 471 g/mol. The Labute approximate surface area is 204 Å². The van der Waals surface area contributed by atoms with Crippen LogP contribution in [0.25, 0.3) is 0 Å². The van der Waals surface area contributed by atoms with Crippen LogP contribution >= 0.6 is 0 Å². The lowest BCUT2D eigenvalue weighted by atomic mass is 9.88. The summed E-state index contributed by atoms with van der Waals surface area (Å²) in [6.07, 6.45) is 0.897. The van der Waals surface area contributed by atoms with E-state index in [2.05, 4.69) is 84.2 Å². The van der Waals surface area contributed by atoms with E-state index >= 15 is 0 Å². The topological polar surface area (TPSA) is 71.3 Å². The van der Waals surface area contributed by atoms with Gasteiger partial charge in [-0.05, 0) is 33.2 Å². The van der Waals surface area contributed by atoms with Gasteiger partial charge in [0.2, 0.25) is 18.4 Å². The Morgan fingerprint density at radius 3 is 2.34 bits per heavy atom. The fourth-order valence-corrected chi connectivity index (χ4v) is 5.43. The molecular formula is C27H28N5O3+. The van der Waals surface area contributed by atoms with Crippen LogP contribution in [0, 0.1) is 0 Å². The van der Waals surface area contributed by atoms with E-state index in [-0.39, 0.29) is 18.9 Å². The summed E-state index contributed by atoms with van der Waals surface area (Å²) in [7, 11) is 6.12. The van der Waals surface area contributed by atoms with Crippen molar-refractivity contribution in [2.24, 2.45) is 0 Å². The van der Waals surface area contributed by atoms with Crippen LogP contribution in [0.1, 0.15) is 40.2 Å². The second-order valence-electron chi connectivity index (χ2n) is 9.58. The van der Waals surface area contributed by atoms with Gasteiger partial charge in [0.15, 0.2) is 17.5 Å². The zero-order chi connectivity index (χ0) is 24.0. The third kappa shape index (κ3) is 3.52. The molecule has 4 aromatic rings. The number of aromatic nitrogens is 4. The maximum absolute atomic E-state index is 5.95. The third-order valence-corrected chi connectivity index (χ3v) is 7.12. The van der Waals surface area contributed by atoms with Crippen LogP contribution in [0.2, 0.25) is 0 Å². The lowest BCUT2D eigenvalue weighted by Crippen LogP contribution is -2.49. The van der Waals surface area contributed by atoms with Crippen LogP contribution < -0.4 is 14.2 Å². The molecule has 0 bridgehead atoms. The van der Waals surface area contributed by atoms with Gasteiger partial charge in [0, 0.05) is 6.42 Å². The van der Waals surface area contributed by atoms with E-state index in [1.807, 2.05) is 16.8 Å². The molecule has 1 aromatic heterocycles. The molecule has 6 rings (SSSR count). The summed E-state index contributed by atoms with van der Waals surface area (Å²) in [4.78, 5) is 0. The largest absolute Gasteiger partial charge is 0.492 e. The summed E-state index contributed by atoms with van der Waals surface area (Å²) in [5, 5.41) is 13.4. The molecule has 1 atom stereocenters. The van der Waals surface area contributed by atoms with Crippen molar-refractivity contribution in [1.82, 2.24) is 20.2 Å². The minimum Gasteiger partial charge on any atom is -0.492 e. The van der Waals surface area contributed by atoms with Crippen LogP contribution in [-0.4, -0.2) is 59.2 Å². The maximum Gasteiger partial charge on any atom is 0.231 e. The molecule has 0 amide bonds. The minimum atomic E-state index is -0.173. The van der Waals surface area contributed by atoms with Crippen molar-refractivity contribution in [3.05, 3.63) is 94.8 Å². The molecule has 3 heterocycles. The molecule has 0 spiro atoms. The molecule has 1 unspecified atom stereocenters. The Kier molecular flexibility index (Phi) is 5.18. The summed E-state index contributed by atoms with van der Waals surface area (Å²) < 4.78 is 20.1. The number of hydrogen-bond acceptors (Lipinski definition) is 6. The van der Waals surface area contributed by atoms with Gasteiger partial charge in [-0.2, -0.15) is 0 Å². The monoisotopic (exact) mass is 470 g/mol. The molecule has 8 heteroatoms. The third-order valence-electron chi connectivity index (χ3n) is 7.12. The van der Waals surface area contributed by atoms with Crippen LogP contribution in [-0.2, 0) is 6.42 Å². The predicted octanol–water partition coefficient (Wildman–Crippen LogP) is 3.77. The standard InChI is InChI=1S/C27H28N5O3/c1-32(2)15-14-20-16-21-25(35-17-34-21)26(33-3)22(20)24(32)27-28-29-30-31(27)23(18-10-6-4-7-11-18)19-12-8-5-9-13-19/h4-13,16,23-24H,14-15,17H2,1-3H3/q+1. The van der Waals surface area contributed by atoms with Crippen molar-refractivity contribution < 1.29 is 18.7 Å². The average Bonchev–Trinajstić information content (AvgIpc) is 3.54. The quantitative estimate of drug-likeness (QED) is 0.414. The zero-order valence-electron chi connectivity index (χ0n) is 20.1. The second-order valence-corrected chi connectivity index (χ2v) is 9.58. The van der Waals surface area contributed by atoms with Gasteiger partial charge in [0.1, 0.15) is 6.04 Å². The first-order valence-electron chi connectivity index (χ1n) is 11.8. The number of benzene rings is 3. The minimum absolute atomic E-state index is 0.159. The first-order chi connectivity index (χ1) is 17.1. The van der Waals surface area contributed by atoms with Gasteiger partial charge in [-0.25, -0.2) is 4.68 Å². The highest BCUT2D eigenvalue weighted by molar-refractivity contribution is 5.62. The van der Waals surface area contributed by atoms with Gasteiger partial charge in [-0.1, -0.05) is 60.7 Å². The van der Waals surface area contributed by atoms with Crippen molar-refractivity contribution in [3.8, 4) is 17.2 Å². The number of ether oxygens (including phenoxy) is 3. The summed E-state index contributed by atoms with van der Waals surface area (Å²) in [6, 6.07) is 22.5. The van der Waals surface area contributed by atoms with Gasteiger partial charge in [0.05, 0.1) is 33.3 Å². The van der Waals surface area contributed by atoms with Crippen molar-refractivity contribution in [2.45, 2.75) is 18.5 Å². The van der Waals surface area contributed by atoms with E-state index in [0.29, 0.717) is 16.0 Å². The van der Waals surface area contributed by atoms with Gasteiger partial charge in [-0.3, -0.25) is 0 Å². The summed E-state index contributed by atoms with van der Waals surface area (Å²) in [5.41, 5.74) is 4.47. The Balaban J connectivity index is 1.58. The summed E-state index contributed by atoms with van der Waals surface area (Å²) >= 11 is 0. The lowest BCUT2D eigenvalue weighted by Gasteiger charge is -2.42. The smallest absolute Gasteiger partial charge is 0.231 e. The number of likely N-dealkylation sites (N-methyl/N-ethyl adjacent to an activating group) is 1. The number of methoxy groups -OCH3 is 1. The van der Waals surface area contributed by atoms with E-state index in [9.17, 15) is 0 Å². The molecule has 8 nitrogen and oxygen atoms in total. The number of hydrogen-bond donors (Lipinski definition) is 0. The first kappa shape index (κ1) is 21.6. The Morgan fingerprint density at radius 2 is 1.69 bits per heavy atom. The van der Waals surface area contributed by atoms with Crippen LogP contribution in [0.3, 0.4) is 0 Å². The Bertz CT molecular complexity index is 1310. The Morgan fingerprint density at radius 1 is 1.00 bits per heavy atom. The molecule has 0 aliphatic carbocycles. The molecule has 0 radical (unpaired) electrons. The lowest BCUT2D eigenvalue weighted by molar-refractivity contribution is -0.918. The highest BCUT2D eigenvalue weighted by Gasteiger charge is 2.46. The number of rotatable bonds is 5. The van der Waals surface area contributed by atoms with Gasteiger partial charge >= 0.3 is 0 Å². The second kappa shape index (κ2) is 8.39. The molecule has 0 N–H and O–H groups in total. The highest BCUT2D eigenvalue weighted by atomic mass is 16.7. The molecule has 2 aliphatic heterocycles. The van der Waals surface area contributed by atoms with Crippen molar-refractivity contribution in [2.75, 3.05) is 34.5 Å². The van der Waals surface area contributed by atoms with Crippen molar-refractivity contribution >= 4 is 0 Å². The highest BCUT2D eigenvalue weighted by Crippen LogP contribution is 2.52. The first-order valence-corrected chi connectivity index (χ1v) is 11.8. The molecule has 2 aliphatic rings. The van der Waals surface area contributed by atoms with Gasteiger partial charge in [0.25, 0.3) is 0 Å². The molecule has 0 saturated heterocycles. The number of fused-ring (bicyclic) bond motifs is 2. The van der Waals surface area contributed by atoms with Crippen molar-refractivity contribution in [1.29, 1.82) is 0 Å². The summed E-state index contributed by atoms with van der Waals surface area (Å²) in [6.45, 7) is 1.12. The SMILES string of the molecule is COc1c2c(cc3c1C(c1nnnn1C(c1ccccc1)c1ccccc1)[N+](C)(C)CC3)OCO2. The normalized spacial score (nSPS) is 17.9. The Hall–Kier alpha value is -3.91. The number of nitrogens with zero attached hydrogens (tertiary/aromatic N) is 5. The van der Waals surface area contributed by atoms with Gasteiger partial charge < -0.3 is 18.7 Å². The van der Waals surface area contributed by atoms with Crippen molar-refractivity contribution in [3.63, 3.8) is 0 Å². The maximum atomic E-state index is 5.95. The van der Waals surface area contributed by atoms with Crippen LogP contribution in [0.5, 0.6) is 17.2 Å².